The van der Waals surface area contributed by atoms with Gasteiger partial charge in [0.2, 0.25) is 0 Å². The average molecular weight is 217 g/mol. The first kappa shape index (κ1) is 10.5. The molecular weight excluding hydrogens is 202 g/mol. The van der Waals surface area contributed by atoms with Crippen LogP contribution in [0.5, 0.6) is 5.75 Å². The maximum atomic E-state index is 5.15. The van der Waals surface area contributed by atoms with Gasteiger partial charge in [0.25, 0.3) is 0 Å². The molecule has 1 aromatic carbocycles. The minimum absolute atomic E-state index is 0.705. The standard InChI is InChI=1S/C12H15N3O/c1-15-7-6-13-12(15)9-14-10-4-3-5-11(8-10)16-2/h3-8,14H,9H2,1-2H3. The van der Waals surface area contributed by atoms with E-state index in [2.05, 4.69) is 10.3 Å². The number of anilines is 1. The van der Waals surface area contributed by atoms with Gasteiger partial charge >= 0.3 is 0 Å². The largest absolute Gasteiger partial charge is 0.497 e. The quantitative estimate of drug-likeness (QED) is 0.851. The molecule has 84 valence electrons. The predicted octanol–water partition coefficient (Wildman–Crippen LogP) is 2.04. The number of rotatable bonds is 4. The van der Waals surface area contributed by atoms with E-state index in [0.29, 0.717) is 6.54 Å². The van der Waals surface area contributed by atoms with E-state index in [9.17, 15) is 0 Å². The van der Waals surface area contributed by atoms with E-state index in [4.69, 9.17) is 4.74 Å². The van der Waals surface area contributed by atoms with Gasteiger partial charge in [0.05, 0.1) is 13.7 Å². The van der Waals surface area contributed by atoms with Crippen LogP contribution in [0, 0.1) is 0 Å². The number of hydrogen-bond acceptors (Lipinski definition) is 3. The second-order valence-electron chi connectivity index (χ2n) is 3.54. The molecule has 0 fully saturated rings. The van der Waals surface area contributed by atoms with Gasteiger partial charge in [-0.1, -0.05) is 6.07 Å². The maximum absolute atomic E-state index is 5.15. The van der Waals surface area contributed by atoms with Crippen molar-refractivity contribution in [3.8, 4) is 5.75 Å². The molecule has 1 N–H and O–H groups in total. The lowest BCUT2D eigenvalue weighted by atomic mass is 10.3. The topological polar surface area (TPSA) is 39.1 Å². The number of aromatic nitrogens is 2. The van der Waals surface area contributed by atoms with E-state index in [-0.39, 0.29) is 0 Å². The van der Waals surface area contributed by atoms with Crippen LogP contribution >= 0.6 is 0 Å². The van der Waals surface area contributed by atoms with Gasteiger partial charge in [-0.2, -0.15) is 0 Å². The van der Waals surface area contributed by atoms with Crippen molar-refractivity contribution in [1.29, 1.82) is 0 Å². The van der Waals surface area contributed by atoms with Gasteiger partial charge < -0.3 is 14.6 Å². The van der Waals surface area contributed by atoms with Crippen LogP contribution in [0.3, 0.4) is 0 Å². The van der Waals surface area contributed by atoms with Gasteiger partial charge in [-0.05, 0) is 12.1 Å². The lowest BCUT2D eigenvalue weighted by molar-refractivity contribution is 0.415. The van der Waals surface area contributed by atoms with Crippen LogP contribution in [0.4, 0.5) is 5.69 Å². The highest BCUT2D eigenvalue weighted by Gasteiger charge is 1.99. The summed E-state index contributed by atoms with van der Waals surface area (Å²) < 4.78 is 7.15. The van der Waals surface area contributed by atoms with E-state index < -0.39 is 0 Å². The van der Waals surface area contributed by atoms with E-state index in [1.165, 1.54) is 0 Å². The number of nitrogens with zero attached hydrogens (tertiary/aromatic N) is 2. The molecule has 4 heteroatoms. The fraction of sp³-hybridized carbons (Fsp3) is 0.250. The molecule has 2 aromatic rings. The highest BCUT2D eigenvalue weighted by Crippen LogP contribution is 2.17. The number of aryl methyl sites for hydroxylation is 1. The molecule has 0 saturated heterocycles. The molecule has 16 heavy (non-hydrogen) atoms. The minimum atomic E-state index is 0.705. The van der Waals surface area contributed by atoms with Crippen LogP contribution < -0.4 is 10.1 Å². The zero-order valence-corrected chi connectivity index (χ0v) is 9.47. The normalized spacial score (nSPS) is 10.1. The van der Waals surface area contributed by atoms with Crippen molar-refractivity contribution in [2.24, 2.45) is 7.05 Å². The molecule has 0 aliphatic heterocycles. The van der Waals surface area contributed by atoms with Gasteiger partial charge in [-0.15, -0.1) is 0 Å². The predicted molar refractivity (Wildman–Crippen MR) is 63.5 cm³/mol. The number of imidazole rings is 1. The van der Waals surface area contributed by atoms with Gasteiger partial charge in [-0.25, -0.2) is 4.98 Å². The number of nitrogens with one attached hydrogen (secondary N) is 1. The van der Waals surface area contributed by atoms with Crippen LogP contribution in [0.1, 0.15) is 5.82 Å². The molecular formula is C12H15N3O. The summed E-state index contributed by atoms with van der Waals surface area (Å²) in [6.45, 7) is 0.705. The maximum Gasteiger partial charge on any atom is 0.127 e. The van der Waals surface area contributed by atoms with Crippen LogP contribution in [0.2, 0.25) is 0 Å². The van der Waals surface area contributed by atoms with Crippen molar-refractivity contribution in [3.05, 3.63) is 42.5 Å². The second kappa shape index (κ2) is 4.70. The Morgan fingerprint density at radius 1 is 1.44 bits per heavy atom. The molecule has 0 amide bonds. The van der Waals surface area contributed by atoms with Crippen molar-refractivity contribution in [3.63, 3.8) is 0 Å². The molecule has 0 saturated carbocycles. The Morgan fingerprint density at radius 2 is 2.31 bits per heavy atom. The summed E-state index contributed by atoms with van der Waals surface area (Å²) >= 11 is 0. The van der Waals surface area contributed by atoms with E-state index >= 15 is 0 Å². The Bertz CT molecular complexity index is 465. The summed E-state index contributed by atoms with van der Waals surface area (Å²) in [6, 6.07) is 7.85. The van der Waals surface area contributed by atoms with Crippen molar-refractivity contribution >= 4 is 5.69 Å². The van der Waals surface area contributed by atoms with Crippen LogP contribution in [-0.4, -0.2) is 16.7 Å². The monoisotopic (exact) mass is 217 g/mol. The summed E-state index contributed by atoms with van der Waals surface area (Å²) in [6.07, 6.45) is 3.73. The van der Waals surface area contributed by atoms with E-state index in [1.807, 2.05) is 42.1 Å². The van der Waals surface area contributed by atoms with Crippen molar-refractivity contribution < 1.29 is 4.74 Å². The summed E-state index contributed by atoms with van der Waals surface area (Å²) in [5, 5.41) is 3.30. The Labute approximate surface area is 94.9 Å². The third kappa shape index (κ3) is 2.34. The third-order valence-electron chi connectivity index (χ3n) is 2.44. The Kier molecular flexibility index (Phi) is 3.10. The summed E-state index contributed by atoms with van der Waals surface area (Å²) in [5.74, 6) is 1.85. The van der Waals surface area contributed by atoms with E-state index in [1.54, 1.807) is 13.3 Å². The molecule has 0 spiro atoms. The Morgan fingerprint density at radius 3 is 3.00 bits per heavy atom. The fourth-order valence-electron chi connectivity index (χ4n) is 1.48. The average Bonchev–Trinajstić information content (AvgIpc) is 2.72. The molecule has 4 nitrogen and oxygen atoms in total. The summed E-state index contributed by atoms with van der Waals surface area (Å²) in [7, 11) is 3.65. The highest BCUT2D eigenvalue weighted by atomic mass is 16.5. The summed E-state index contributed by atoms with van der Waals surface area (Å²) in [4.78, 5) is 4.24. The fourth-order valence-corrected chi connectivity index (χ4v) is 1.48. The third-order valence-corrected chi connectivity index (χ3v) is 2.44. The molecule has 0 aliphatic rings. The SMILES string of the molecule is COc1cccc(NCc2nccn2C)c1. The number of ether oxygens (including phenoxy) is 1. The first-order chi connectivity index (χ1) is 7.79. The Balaban J connectivity index is 2.02. The molecule has 0 atom stereocenters. The smallest absolute Gasteiger partial charge is 0.127 e. The van der Waals surface area contributed by atoms with Gasteiger partial charge in [-0.3, -0.25) is 0 Å². The van der Waals surface area contributed by atoms with Crippen molar-refractivity contribution in [2.45, 2.75) is 6.54 Å². The van der Waals surface area contributed by atoms with Gasteiger partial charge in [0.1, 0.15) is 11.6 Å². The zero-order chi connectivity index (χ0) is 11.4. The number of benzene rings is 1. The van der Waals surface area contributed by atoms with Crippen molar-refractivity contribution in [2.75, 3.05) is 12.4 Å². The van der Waals surface area contributed by atoms with Crippen molar-refractivity contribution in [1.82, 2.24) is 9.55 Å². The lowest BCUT2D eigenvalue weighted by Gasteiger charge is -2.07. The van der Waals surface area contributed by atoms with Crippen LogP contribution in [0.15, 0.2) is 36.7 Å². The molecule has 1 aromatic heterocycles. The molecule has 0 aliphatic carbocycles. The zero-order valence-electron chi connectivity index (χ0n) is 9.47. The molecule has 0 radical (unpaired) electrons. The Hall–Kier alpha value is -1.97. The van der Waals surface area contributed by atoms with Gasteiger partial charge in [0, 0.05) is 31.2 Å². The highest BCUT2D eigenvalue weighted by molar-refractivity contribution is 5.48. The minimum Gasteiger partial charge on any atom is -0.497 e. The molecule has 2 rings (SSSR count). The number of methoxy groups -OCH3 is 1. The van der Waals surface area contributed by atoms with Crippen LogP contribution in [-0.2, 0) is 13.6 Å². The lowest BCUT2D eigenvalue weighted by Crippen LogP contribution is -2.05. The first-order valence-corrected chi connectivity index (χ1v) is 5.14. The second-order valence-corrected chi connectivity index (χ2v) is 3.54. The molecule has 0 bridgehead atoms. The number of hydrogen-bond donors (Lipinski definition) is 1. The molecule has 0 unspecified atom stereocenters. The summed E-state index contributed by atoms with van der Waals surface area (Å²) in [5.41, 5.74) is 1.03. The first-order valence-electron chi connectivity index (χ1n) is 5.14. The van der Waals surface area contributed by atoms with Gasteiger partial charge in [0.15, 0.2) is 0 Å². The molecule has 1 heterocycles. The van der Waals surface area contributed by atoms with Crippen LogP contribution in [0.25, 0.3) is 0 Å². The van der Waals surface area contributed by atoms with E-state index in [0.717, 1.165) is 17.3 Å².